The molecule has 0 unspecified atom stereocenters. The summed E-state index contributed by atoms with van der Waals surface area (Å²) in [7, 11) is 1.88. The third kappa shape index (κ3) is 4.52. The maximum Gasteiger partial charge on any atom is 0.239 e. The van der Waals surface area contributed by atoms with Crippen molar-refractivity contribution in [3.63, 3.8) is 0 Å². The van der Waals surface area contributed by atoms with Crippen molar-refractivity contribution in [3.05, 3.63) is 47.4 Å². The van der Waals surface area contributed by atoms with Crippen molar-refractivity contribution >= 4 is 17.4 Å². The number of rotatable bonds is 5. The molecule has 3 aromatic rings. The first-order valence-corrected chi connectivity index (χ1v) is 13.0. The van der Waals surface area contributed by atoms with Gasteiger partial charge in [-0.1, -0.05) is 6.07 Å². The molecule has 0 spiro atoms. The summed E-state index contributed by atoms with van der Waals surface area (Å²) in [4.78, 5) is 16.2. The van der Waals surface area contributed by atoms with E-state index >= 15 is 0 Å². The Labute approximate surface area is 214 Å². The molecule has 1 aromatic carbocycles. The Bertz CT molecular complexity index is 1310. The van der Waals surface area contributed by atoms with Crippen LogP contribution in [0.15, 0.2) is 30.6 Å². The van der Waals surface area contributed by atoms with Crippen LogP contribution >= 0.6 is 0 Å². The summed E-state index contributed by atoms with van der Waals surface area (Å²) in [5.74, 6) is 0.603. The van der Waals surface area contributed by atoms with Crippen LogP contribution in [0.3, 0.4) is 0 Å². The second kappa shape index (κ2) is 9.55. The molecular weight excluding hydrogens is 478 g/mol. The van der Waals surface area contributed by atoms with E-state index in [0.29, 0.717) is 39.3 Å². The smallest absolute Gasteiger partial charge is 0.239 e. The maximum atomic E-state index is 13.6. The van der Waals surface area contributed by atoms with Crippen LogP contribution < -0.4 is 4.90 Å². The van der Waals surface area contributed by atoms with Crippen molar-refractivity contribution < 1.29 is 18.3 Å². The van der Waals surface area contributed by atoms with Crippen molar-refractivity contribution in [3.8, 4) is 11.1 Å². The van der Waals surface area contributed by atoms with Crippen molar-refractivity contribution in [2.75, 3.05) is 31.2 Å². The van der Waals surface area contributed by atoms with E-state index in [9.17, 15) is 13.6 Å². The average Bonchev–Trinajstić information content (AvgIpc) is 3.62. The third-order valence-corrected chi connectivity index (χ3v) is 7.89. The predicted molar refractivity (Wildman–Crippen MR) is 135 cm³/mol. The van der Waals surface area contributed by atoms with Crippen molar-refractivity contribution in [2.24, 2.45) is 13.0 Å². The molecule has 1 fully saturated rings. The first kappa shape index (κ1) is 24.1. The number of anilines is 2. The van der Waals surface area contributed by atoms with Gasteiger partial charge in [0.05, 0.1) is 25.4 Å². The van der Waals surface area contributed by atoms with Crippen LogP contribution in [-0.2, 0) is 36.0 Å². The fourth-order valence-electron chi connectivity index (χ4n) is 6.04. The van der Waals surface area contributed by atoms with Gasteiger partial charge in [-0.15, -0.1) is 0 Å². The molecule has 0 N–H and O–H groups in total. The first-order valence-electron chi connectivity index (χ1n) is 13.0. The van der Waals surface area contributed by atoms with Gasteiger partial charge in [0, 0.05) is 75.2 Å². The van der Waals surface area contributed by atoms with Crippen LogP contribution in [0.5, 0.6) is 0 Å². The highest BCUT2D eigenvalue weighted by atomic mass is 19.3. The van der Waals surface area contributed by atoms with E-state index in [4.69, 9.17) is 9.84 Å². The van der Waals surface area contributed by atoms with Crippen LogP contribution in [0.4, 0.5) is 20.3 Å². The lowest BCUT2D eigenvalue weighted by atomic mass is 9.88. The molecule has 8 nitrogen and oxygen atoms in total. The number of alkyl halides is 2. The lowest BCUT2D eigenvalue weighted by molar-refractivity contribution is -0.129. The molecule has 5 heterocycles. The summed E-state index contributed by atoms with van der Waals surface area (Å²) in [6, 6.07) is 6.39. The van der Waals surface area contributed by atoms with Gasteiger partial charge in [0.1, 0.15) is 0 Å². The molecule has 0 radical (unpaired) electrons. The molecule has 2 atom stereocenters. The van der Waals surface area contributed by atoms with E-state index in [1.807, 2.05) is 24.3 Å². The Morgan fingerprint density at radius 2 is 2.14 bits per heavy atom. The average molecular weight is 511 g/mol. The fraction of sp³-hybridized carbons (Fsp3) is 0.519. The van der Waals surface area contributed by atoms with Gasteiger partial charge in [0.2, 0.25) is 12.3 Å². The monoisotopic (exact) mass is 510 g/mol. The van der Waals surface area contributed by atoms with Gasteiger partial charge in [-0.25, -0.2) is 8.78 Å². The molecular formula is C27H32F2N6O2. The standard InChI is InChI=1S/C27H32F2N6O2/c1-17(36)33-7-5-25-23(15-33)27(31-35(25)22-6-8-37-16-22)34-13-18(10-26(28)29)9-20-11-19(3-4-24(20)34)21-12-30-32(2)14-21/h3-4,11-12,14,18,22,26H,5-10,13,15-16H2,1-2H3/t18-,22-/m1/s1. The fourth-order valence-corrected chi connectivity index (χ4v) is 6.04. The second-order valence-corrected chi connectivity index (χ2v) is 10.5. The number of aryl methyl sites for hydroxylation is 1. The van der Waals surface area contributed by atoms with Crippen LogP contribution in [0.2, 0.25) is 0 Å². The number of halogens is 2. The number of nitrogens with zero attached hydrogens (tertiary/aromatic N) is 6. The number of fused-ring (bicyclic) bond motifs is 2. The number of aromatic nitrogens is 4. The Morgan fingerprint density at radius 1 is 1.27 bits per heavy atom. The molecule has 6 rings (SSSR count). The molecule has 3 aliphatic rings. The van der Waals surface area contributed by atoms with Gasteiger partial charge < -0.3 is 14.5 Å². The Hall–Kier alpha value is -3.27. The highest BCUT2D eigenvalue weighted by Gasteiger charge is 2.36. The van der Waals surface area contributed by atoms with Crippen molar-refractivity contribution in [1.29, 1.82) is 0 Å². The number of hydrogen-bond donors (Lipinski definition) is 0. The van der Waals surface area contributed by atoms with Crippen LogP contribution in [0, 0.1) is 5.92 Å². The lowest BCUT2D eigenvalue weighted by Crippen LogP contribution is -2.37. The topological polar surface area (TPSA) is 68.4 Å². The maximum absolute atomic E-state index is 13.6. The van der Waals surface area contributed by atoms with Crippen LogP contribution in [0.1, 0.15) is 42.6 Å². The predicted octanol–water partition coefficient (Wildman–Crippen LogP) is 4.12. The number of carbonyl (C=O) groups is 1. The zero-order valence-corrected chi connectivity index (χ0v) is 21.2. The zero-order valence-electron chi connectivity index (χ0n) is 21.2. The molecule has 2 aromatic heterocycles. The Kier molecular flexibility index (Phi) is 6.22. The van der Waals surface area contributed by atoms with E-state index in [1.54, 1.807) is 11.6 Å². The molecule has 0 aliphatic carbocycles. The van der Waals surface area contributed by atoms with Crippen molar-refractivity contribution in [1.82, 2.24) is 24.5 Å². The van der Waals surface area contributed by atoms with E-state index in [0.717, 1.165) is 52.3 Å². The Balaban J connectivity index is 1.45. The molecule has 1 amide bonds. The van der Waals surface area contributed by atoms with Gasteiger partial charge in [-0.2, -0.15) is 10.2 Å². The summed E-state index contributed by atoms with van der Waals surface area (Å²) in [6.45, 7) is 4.51. The zero-order chi connectivity index (χ0) is 25.7. The molecule has 196 valence electrons. The van der Waals surface area contributed by atoms with Crippen LogP contribution in [-0.4, -0.2) is 63.1 Å². The highest BCUT2D eigenvalue weighted by Crippen LogP contribution is 2.42. The van der Waals surface area contributed by atoms with Gasteiger partial charge in [-0.3, -0.25) is 14.2 Å². The van der Waals surface area contributed by atoms with Gasteiger partial charge in [0.15, 0.2) is 5.82 Å². The summed E-state index contributed by atoms with van der Waals surface area (Å²) >= 11 is 0. The molecule has 0 bridgehead atoms. The SMILES string of the molecule is CC(=O)N1CCc2c(c(N3C[C@@H](CC(F)F)Cc4cc(-c5cnn(C)c5)ccc43)nn2[C@@H]2CCOC2)C1. The number of amides is 1. The van der Waals surface area contributed by atoms with Crippen LogP contribution in [0.25, 0.3) is 11.1 Å². The largest absolute Gasteiger partial charge is 0.379 e. The van der Waals surface area contributed by atoms with E-state index in [-0.39, 0.29) is 24.3 Å². The van der Waals surface area contributed by atoms with E-state index in [1.165, 1.54) is 0 Å². The summed E-state index contributed by atoms with van der Waals surface area (Å²) in [6.07, 6.45) is 3.44. The summed E-state index contributed by atoms with van der Waals surface area (Å²) < 4.78 is 36.7. The second-order valence-electron chi connectivity index (χ2n) is 10.5. The molecule has 3 aliphatic heterocycles. The minimum absolute atomic E-state index is 0.0317. The normalized spacial score (nSPS) is 21.4. The molecule has 0 saturated carbocycles. The first-order chi connectivity index (χ1) is 17.9. The summed E-state index contributed by atoms with van der Waals surface area (Å²) in [5.41, 5.74) is 6.19. The van der Waals surface area contributed by atoms with Gasteiger partial charge >= 0.3 is 0 Å². The minimum Gasteiger partial charge on any atom is -0.379 e. The number of carbonyl (C=O) groups excluding carboxylic acids is 1. The van der Waals surface area contributed by atoms with Crippen molar-refractivity contribution in [2.45, 2.75) is 51.6 Å². The molecule has 10 heteroatoms. The number of ether oxygens (including phenoxy) is 1. The van der Waals surface area contributed by atoms with E-state index in [2.05, 4.69) is 32.9 Å². The Morgan fingerprint density at radius 3 is 2.84 bits per heavy atom. The summed E-state index contributed by atoms with van der Waals surface area (Å²) in [5, 5.41) is 9.40. The third-order valence-electron chi connectivity index (χ3n) is 7.89. The minimum atomic E-state index is -2.37. The quantitative estimate of drug-likeness (QED) is 0.517. The number of hydrogen-bond acceptors (Lipinski definition) is 5. The van der Waals surface area contributed by atoms with E-state index < -0.39 is 6.43 Å². The molecule has 37 heavy (non-hydrogen) atoms. The lowest BCUT2D eigenvalue weighted by Gasteiger charge is -2.36. The van der Waals surface area contributed by atoms with Gasteiger partial charge in [0.25, 0.3) is 0 Å². The van der Waals surface area contributed by atoms with Gasteiger partial charge in [-0.05, 0) is 42.0 Å². The molecule has 1 saturated heterocycles. The number of benzene rings is 1. The highest BCUT2D eigenvalue weighted by molar-refractivity contribution is 5.76.